The highest BCUT2D eigenvalue weighted by Crippen LogP contribution is 2.38. The van der Waals surface area contributed by atoms with Gasteiger partial charge in [-0.3, -0.25) is 9.59 Å². The van der Waals surface area contributed by atoms with E-state index in [9.17, 15) is 23.1 Å². The average molecular weight is 475 g/mol. The number of fused-ring (bicyclic) bond motifs is 1. The molecule has 0 aromatic heterocycles. The third-order valence-corrected chi connectivity index (χ3v) is 6.96. The van der Waals surface area contributed by atoms with Gasteiger partial charge in [0.1, 0.15) is 6.29 Å². The number of rotatable bonds is 10. The van der Waals surface area contributed by atoms with Crippen LogP contribution in [0.25, 0.3) is 0 Å². The molecule has 0 amide bonds. The van der Waals surface area contributed by atoms with Gasteiger partial charge in [-0.05, 0) is 67.1 Å². The number of ether oxygens (including phenoxy) is 1. The van der Waals surface area contributed by atoms with Crippen molar-refractivity contribution in [3.8, 4) is 0 Å². The fraction of sp³-hybridized carbons (Fsp3) is 0.333. The number of aldehydes is 1. The number of aliphatic carboxylic acids is 1. The minimum atomic E-state index is -4.15. The molecule has 2 N–H and O–H groups in total. The number of carbonyl (C=O) groups is 2. The van der Waals surface area contributed by atoms with Crippen LogP contribution in [0.5, 0.6) is 0 Å². The third kappa shape index (κ3) is 5.75. The minimum absolute atomic E-state index is 0.0356. The fourth-order valence-corrected chi connectivity index (χ4v) is 4.68. The van der Waals surface area contributed by atoms with E-state index in [-0.39, 0.29) is 24.5 Å². The summed E-state index contributed by atoms with van der Waals surface area (Å²) < 4.78 is 36.5. The first kappa shape index (κ1) is 24.8. The number of carbonyl (C=O) groups excluding carboxylic acids is 1. The first-order chi connectivity index (χ1) is 15.7. The van der Waals surface area contributed by atoms with Crippen LogP contribution in [0.2, 0.25) is 0 Å². The quantitative estimate of drug-likeness (QED) is 0.304. The molecular weight excluding hydrogens is 448 g/mol. The molecule has 0 bridgehead atoms. The van der Waals surface area contributed by atoms with E-state index in [1.807, 2.05) is 19.9 Å². The highest BCUT2D eigenvalue weighted by molar-refractivity contribution is 7.86. The summed E-state index contributed by atoms with van der Waals surface area (Å²) in [6.45, 7) is 3.64. The summed E-state index contributed by atoms with van der Waals surface area (Å²) in [4.78, 5) is 21.5. The Morgan fingerprint density at radius 1 is 1.24 bits per heavy atom. The molecule has 0 fully saturated rings. The predicted octanol–water partition coefficient (Wildman–Crippen LogP) is 3.59. The van der Waals surface area contributed by atoms with Gasteiger partial charge in [0, 0.05) is 17.5 Å². The maximum absolute atomic E-state index is 12.7. The molecule has 1 unspecified atom stereocenters. The molecule has 0 saturated heterocycles. The zero-order chi connectivity index (χ0) is 24.2. The van der Waals surface area contributed by atoms with E-state index >= 15 is 0 Å². The van der Waals surface area contributed by atoms with Crippen LogP contribution in [0, 0.1) is 6.92 Å². The van der Waals surface area contributed by atoms with Gasteiger partial charge >= 0.3 is 5.97 Å². The highest BCUT2D eigenvalue weighted by atomic mass is 32.2. The van der Waals surface area contributed by atoms with Crippen molar-refractivity contribution < 1.29 is 37.1 Å². The van der Waals surface area contributed by atoms with E-state index in [1.54, 1.807) is 6.07 Å². The number of carboxylic acid groups (broad SMARTS) is 1. The monoisotopic (exact) mass is 474 g/mol. The lowest BCUT2D eigenvalue weighted by molar-refractivity contribution is -0.136. The molecule has 8 nitrogen and oxygen atoms in total. The molecule has 3 rings (SSSR count). The van der Waals surface area contributed by atoms with Crippen LogP contribution in [0.4, 0.5) is 0 Å². The van der Waals surface area contributed by atoms with E-state index in [2.05, 4.69) is 0 Å². The van der Waals surface area contributed by atoms with Gasteiger partial charge in [-0.1, -0.05) is 23.8 Å². The Morgan fingerprint density at radius 2 is 1.94 bits per heavy atom. The van der Waals surface area contributed by atoms with Crippen molar-refractivity contribution in [3.05, 3.63) is 75.4 Å². The summed E-state index contributed by atoms with van der Waals surface area (Å²) >= 11 is 0. The topological polar surface area (TPSA) is 127 Å². The molecule has 1 atom stereocenters. The van der Waals surface area contributed by atoms with Gasteiger partial charge in [0.2, 0.25) is 6.29 Å². The second-order valence-electron chi connectivity index (χ2n) is 7.89. The number of aliphatic hydroxyl groups excluding tert-OH is 1. The predicted molar refractivity (Wildman–Crippen MR) is 119 cm³/mol. The van der Waals surface area contributed by atoms with E-state index in [4.69, 9.17) is 14.0 Å². The molecule has 176 valence electrons. The molecule has 0 radical (unpaired) electrons. The molecule has 33 heavy (non-hydrogen) atoms. The number of hydrogen-bond acceptors (Lipinski definition) is 7. The second-order valence-corrected chi connectivity index (χ2v) is 9.47. The molecule has 0 saturated carbocycles. The number of aliphatic hydroxyl groups is 1. The summed E-state index contributed by atoms with van der Waals surface area (Å²) in [6, 6.07) is 7.15. The molecule has 1 heterocycles. The molecule has 1 aliphatic rings. The second kappa shape index (κ2) is 10.4. The van der Waals surface area contributed by atoms with Gasteiger partial charge < -0.3 is 14.9 Å². The fourth-order valence-electron chi connectivity index (χ4n) is 3.71. The molecular formula is C24H26O8S. The molecule has 0 spiro atoms. The lowest BCUT2D eigenvalue weighted by Crippen LogP contribution is -2.12. The summed E-state index contributed by atoms with van der Waals surface area (Å²) in [5, 5.41) is 18.8. The Balaban J connectivity index is 1.88. The smallest absolute Gasteiger partial charge is 0.303 e. The Hall–Kier alpha value is -2.85. The van der Waals surface area contributed by atoms with Gasteiger partial charge in [-0.2, -0.15) is 8.42 Å². The number of hydrogen-bond donors (Lipinski definition) is 2. The Labute approximate surface area is 192 Å². The standard InChI is InChI=1S/C24H26O8S/c1-15(4-10-23(27)28)3-7-18-11-20-22(16(2)21(18)13-26)14-31-24(20)32-33(29,30)19-8-5-17(12-25)6-9-19/h3,5-6,8-9,11-12,24,26H,4,7,10,13-14H2,1-2H3,(H,27,28)/b15-3+. The van der Waals surface area contributed by atoms with E-state index in [0.29, 0.717) is 30.3 Å². The van der Waals surface area contributed by atoms with Crippen molar-refractivity contribution in [1.82, 2.24) is 0 Å². The van der Waals surface area contributed by atoms with Crippen LogP contribution < -0.4 is 0 Å². The van der Waals surface area contributed by atoms with Crippen molar-refractivity contribution in [2.24, 2.45) is 0 Å². The first-order valence-electron chi connectivity index (χ1n) is 10.4. The van der Waals surface area contributed by atoms with Crippen molar-refractivity contribution in [1.29, 1.82) is 0 Å². The molecule has 9 heteroatoms. The van der Waals surface area contributed by atoms with E-state index < -0.39 is 22.4 Å². The number of allylic oxidation sites excluding steroid dienone is 2. The van der Waals surface area contributed by atoms with Gasteiger partial charge in [-0.25, -0.2) is 4.18 Å². The normalized spacial score (nSPS) is 16.0. The average Bonchev–Trinajstić information content (AvgIpc) is 3.18. The highest BCUT2D eigenvalue weighted by Gasteiger charge is 2.32. The van der Waals surface area contributed by atoms with Gasteiger partial charge in [0.25, 0.3) is 10.1 Å². The summed E-state index contributed by atoms with van der Waals surface area (Å²) in [5.74, 6) is -0.869. The van der Waals surface area contributed by atoms with Crippen molar-refractivity contribution >= 4 is 22.4 Å². The SMILES string of the molecule is C/C(=C\Cc1cc2c(c(C)c1CO)COC2OS(=O)(=O)c1ccc(C=O)cc1)CCC(=O)O. The molecule has 1 aliphatic heterocycles. The number of benzene rings is 2. The lowest BCUT2D eigenvalue weighted by Gasteiger charge is -2.17. The summed E-state index contributed by atoms with van der Waals surface area (Å²) in [6.07, 6.45) is 2.28. The minimum Gasteiger partial charge on any atom is -0.481 e. The van der Waals surface area contributed by atoms with Gasteiger partial charge in [0.05, 0.1) is 18.1 Å². The van der Waals surface area contributed by atoms with Crippen molar-refractivity contribution in [2.75, 3.05) is 0 Å². The first-order valence-corrected chi connectivity index (χ1v) is 11.8. The molecule has 2 aromatic carbocycles. The van der Waals surface area contributed by atoms with Crippen LogP contribution in [-0.4, -0.2) is 30.9 Å². The van der Waals surface area contributed by atoms with Crippen molar-refractivity contribution in [2.45, 2.75) is 57.5 Å². The zero-order valence-electron chi connectivity index (χ0n) is 18.4. The van der Waals surface area contributed by atoms with Crippen molar-refractivity contribution in [3.63, 3.8) is 0 Å². The number of carboxylic acids is 1. The molecule has 2 aromatic rings. The zero-order valence-corrected chi connectivity index (χ0v) is 19.2. The van der Waals surface area contributed by atoms with Crippen LogP contribution >= 0.6 is 0 Å². The Kier molecular flexibility index (Phi) is 7.80. The van der Waals surface area contributed by atoms with Crippen LogP contribution in [0.1, 0.15) is 64.2 Å². The maximum Gasteiger partial charge on any atom is 0.303 e. The maximum atomic E-state index is 12.7. The van der Waals surface area contributed by atoms with Gasteiger partial charge in [0.15, 0.2) is 0 Å². The van der Waals surface area contributed by atoms with Crippen LogP contribution in [-0.2, 0) is 43.5 Å². The molecule has 0 aliphatic carbocycles. The largest absolute Gasteiger partial charge is 0.481 e. The van der Waals surface area contributed by atoms with Crippen LogP contribution in [0.15, 0.2) is 46.9 Å². The summed E-state index contributed by atoms with van der Waals surface area (Å²) in [7, 11) is -4.15. The Morgan fingerprint density at radius 3 is 2.55 bits per heavy atom. The Bertz CT molecular complexity index is 1180. The van der Waals surface area contributed by atoms with Crippen LogP contribution in [0.3, 0.4) is 0 Å². The lowest BCUT2D eigenvalue weighted by atomic mass is 9.91. The summed E-state index contributed by atoms with van der Waals surface area (Å²) in [5.41, 5.74) is 4.92. The van der Waals surface area contributed by atoms with E-state index in [1.165, 1.54) is 24.3 Å². The van der Waals surface area contributed by atoms with E-state index in [0.717, 1.165) is 27.8 Å². The third-order valence-electron chi connectivity index (χ3n) is 5.68. The van der Waals surface area contributed by atoms with Gasteiger partial charge in [-0.15, -0.1) is 0 Å².